The van der Waals surface area contributed by atoms with Gasteiger partial charge in [0.25, 0.3) is 5.91 Å². The third-order valence-electron chi connectivity index (χ3n) is 3.83. The van der Waals surface area contributed by atoms with E-state index in [0.717, 1.165) is 29.8 Å². The summed E-state index contributed by atoms with van der Waals surface area (Å²) in [6, 6.07) is 9.40. The highest BCUT2D eigenvalue weighted by Gasteiger charge is 2.24. The van der Waals surface area contributed by atoms with Crippen LogP contribution in [0, 0.1) is 13.8 Å². The highest BCUT2D eigenvalue weighted by molar-refractivity contribution is 7.98. The zero-order chi connectivity index (χ0) is 18.5. The minimum absolute atomic E-state index is 0.252. The number of rotatable bonds is 7. The normalized spacial score (nSPS) is 13.3. The molecule has 0 unspecified atom stereocenters. The van der Waals surface area contributed by atoms with Gasteiger partial charge in [-0.2, -0.15) is 0 Å². The van der Waals surface area contributed by atoms with Crippen LogP contribution < -0.4 is 5.32 Å². The van der Waals surface area contributed by atoms with Gasteiger partial charge in [-0.25, -0.2) is 14.8 Å². The molecule has 1 N–H and O–H groups in total. The summed E-state index contributed by atoms with van der Waals surface area (Å²) in [6.45, 7) is 3.60. The quantitative estimate of drug-likeness (QED) is 0.458. The number of carbonyl (C=O) groups is 2. The number of nitrogens with one attached hydrogen (secondary N) is 1. The first kappa shape index (κ1) is 18.4. The Kier molecular flexibility index (Phi) is 5.88. The van der Waals surface area contributed by atoms with Crippen molar-refractivity contribution >= 4 is 23.6 Å². The van der Waals surface area contributed by atoms with Crippen molar-refractivity contribution in [3.63, 3.8) is 0 Å². The van der Waals surface area contributed by atoms with Gasteiger partial charge in [0.05, 0.1) is 5.56 Å². The number of nitrogens with zero attached hydrogens (tertiary/aromatic N) is 2. The molecule has 3 rings (SSSR count). The molecule has 0 aliphatic heterocycles. The number of hydrogen-bond donors (Lipinski definition) is 1. The lowest BCUT2D eigenvalue weighted by Gasteiger charge is -2.10. The summed E-state index contributed by atoms with van der Waals surface area (Å²) in [5, 5.41) is 3.47. The summed E-state index contributed by atoms with van der Waals surface area (Å²) >= 11 is 1.47. The highest BCUT2D eigenvalue weighted by atomic mass is 32.2. The Bertz CT molecular complexity index is 801. The maximum Gasteiger partial charge on any atom is 0.338 e. The molecule has 1 fully saturated rings. The van der Waals surface area contributed by atoms with Crippen LogP contribution in [-0.2, 0) is 15.3 Å². The van der Waals surface area contributed by atoms with Crippen LogP contribution in [0.1, 0.15) is 40.2 Å². The molecule has 1 saturated carbocycles. The van der Waals surface area contributed by atoms with Crippen molar-refractivity contribution in [2.24, 2.45) is 0 Å². The van der Waals surface area contributed by atoms with Crippen LogP contribution >= 0.6 is 11.8 Å². The van der Waals surface area contributed by atoms with E-state index in [2.05, 4.69) is 15.3 Å². The van der Waals surface area contributed by atoms with Crippen molar-refractivity contribution < 1.29 is 14.3 Å². The topological polar surface area (TPSA) is 81.2 Å². The first-order valence-electron chi connectivity index (χ1n) is 8.51. The average molecular weight is 371 g/mol. The molecular weight excluding hydrogens is 350 g/mol. The first-order valence-corrected chi connectivity index (χ1v) is 9.49. The number of amides is 1. The van der Waals surface area contributed by atoms with Gasteiger partial charge >= 0.3 is 5.97 Å². The van der Waals surface area contributed by atoms with E-state index in [1.54, 1.807) is 12.1 Å². The van der Waals surface area contributed by atoms with Crippen molar-refractivity contribution in [1.82, 2.24) is 15.3 Å². The molecule has 6 nitrogen and oxygen atoms in total. The van der Waals surface area contributed by atoms with Gasteiger partial charge in [-0.3, -0.25) is 4.79 Å². The molecular formula is C19H21N3O3S. The number of thioether (sulfide) groups is 1. The molecule has 1 aromatic carbocycles. The number of aryl methyl sites for hydroxylation is 2. The van der Waals surface area contributed by atoms with Gasteiger partial charge in [-0.15, -0.1) is 0 Å². The minimum atomic E-state index is -0.492. The minimum Gasteiger partial charge on any atom is -0.452 e. The van der Waals surface area contributed by atoms with Crippen LogP contribution in [0.3, 0.4) is 0 Å². The predicted octanol–water partition coefficient (Wildman–Crippen LogP) is 2.82. The Morgan fingerprint density at radius 1 is 1.19 bits per heavy atom. The van der Waals surface area contributed by atoms with E-state index in [4.69, 9.17) is 4.74 Å². The molecule has 0 radical (unpaired) electrons. The Labute approximate surface area is 156 Å². The van der Waals surface area contributed by atoms with Gasteiger partial charge in [0.15, 0.2) is 11.8 Å². The SMILES string of the molecule is Cc1cc(C)nc(SCc2ccccc2C(=O)OCC(=O)NC2CC2)n1. The highest BCUT2D eigenvalue weighted by Crippen LogP contribution is 2.23. The summed E-state index contributed by atoms with van der Waals surface area (Å²) in [4.78, 5) is 32.8. The van der Waals surface area contributed by atoms with Gasteiger partial charge in [0, 0.05) is 23.2 Å². The summed E-state index contributed by atoms with van der Waals surface area (Å²) < 4.78 is 5.16. The fourth-order valence-electron chi connectivity index (χ4n) is 2.45. The largest absolute Gasteiger partial charge is 0.452 e. The molecule has 26 heavy (non-hydrogen) atoms. The van der Waals surface area contributed by atoms with E-state index in [1.165, 1.54) is 11.8 Å². The van der Waals surface area contributed by atoms with E-state index in [0.29, 0.717) is 16.5 Å². The van der Waals surface area contributed by atoms with E-state index in [-0.39, 0.29) is 18.6 Å². The van der Waals surface area contributed by atoms with Gasteiger partial charge in [-0.1, -0.05) is 30.0 Å². The third-order valence-corrected chi connectivity index (χ3v) is 4.73. The Morgan fingerprint density at radius 3 is 2.58 bits per heavy atom. The van der Waals surface area contributed by atoms with E-state index in [9.17, 15) is 9.59 Å². The maximum atomic E-state index is 12.3. The van der Waals surface area contributed by atoms with Crippen LogP contribution in [0.5, 0.6) is 0 Å². The predicted molar refractivity (Wildman–Crippen MR) is 99.0 cm³/mol. The monoisotopic (exact) mass is 371 g/mol. The van der Waals surface area contributed by atoms with Crippen LogP contribution in [0.4, 0.5) is 0 Å². The lowest BCUT2D eigenvalue weighted by Crippen LogP contribution is -2.30. The molecule has 136 valence electrons. The summed E-state index contributed by atoms with van der Waals surface area (Å²) in [5.74, 6) is -0.201. The molecule has 1 heterocycles. The second kappa shape index (κ2) is 8.31. The zero-order valence-corrected chi connectivity index (χ0v) is 15.6. The summed E-state index contributed by atoms with van der Waals surface area (Å²) in [6.07, 6.45) is 2.00. The Hall–Kier alpha value is -2.41. The number of aromatic nitrogens is 2. The molecule has 0 bridgehead atoms. The average Bonchev–Trinajstić information content (AvgIpc) is 3.41. The molecule has 2 aromatic rings. The van der Waals surface area contributed by atoms with E-state index in [1.807, 2.05) is 32.0 Å². The molecule has 0 atom stereocenters. The van der Waals surface area contributed by atoms with Crippen LogP contribution in [0.2, 0.25) is 0 Å². The lowest BCUT2D eigenvalue weighted by atomic mass is 10.1. The summed E-state index contributed by atoms with van der Waals surface area (Å²) in [7, 11) is 0. The third kappa shape index (κ3) is 5.29. The number of carbonyl (C=O) groups excluding carboxylic acids is 2. The fourth-order valence-corrected chi connectivity index (χ4v) is 3.41. The Balaban J connectivity index is 1.61. The smallest absolute Gasteiger partial charge is 0.338 e. The first-order chi connectivity index (χ1) is 12.5. The van der Waals surface area contributed by atoms with E-state index < -0.39 is 5.97 Å². The second-order valence-electron chi connectivity index (χ2n) is 6.30. The summed E-state index contributed by atoms with van der Waals surface area (Å²) in [5.41, 5.74) is 3.11. The van der Waals surface area contributed by atoms with Gasteiger partial charge in [0.1, 0.15) is 0 Å². The Morgan fingerprint density at radius 2 is 1.88 bits per heavy atom. The molecule has 1 aliphatic carbocycles. The van der Waals surface area contributed by atoms with Gasteiger partial charge < -0.3 is 10.1 Å². The number of esters is 1. The van der Waals surface area contributed by atoms with Crippen LogP contribution in [-0.4, -0.2) is 34.5 Å². The zero-order valence-electron chi connectivity index (χ0n) is 14.8. The van der Waals surface area contributed by atoms with Crippen molar-refractivity contribution in [2.45, 2.75) is 43.6 Å². The van der Waals surface area contributed by atoms with Crippen LogP contribution in [0.15, 0.2) is 35.5 Å². The number of benzene rings is 1. The van der Waals surface area contributed by atoms with E-state index >= 15 is 0 Å². The van der Waals surface area contributed by atoms with Crippen LogP contribution in [0.25, 0.3) is 0 Å². The molecule has 1 amide bonds. The van der Waals surface area contributed by atoms with Crippen molar-refractivity contribution in [2.75, 3.05) is 6.61 Å². The molecule has 0 spiro atoms. The van der Waals surface area contributed by atoms with Gasteiger partial charge in [0.2, 0.25) is 0 Å². The molecule has 7 heteroatoms. The second-order valence-corrected chi connectivity index (χ2v) is 7.24. The number of ether oxygens (including phenoxy) is 1. The molecule has 1 aliphatic rings. The maximum absolute atomic E-state index is 12.3. The molecule has 0 saturated heterocycles. The fraction of sp³-hybridized carbons (Fsp3) is 0.368. The standard InChI is InChI=1S/C19H21N3O3S/c1-12-9-13(2)21-19(20-12)26-11-14-5-3-4-6-16(14)18(24)25-10-17(23)22-15-7-8-15/h3-6,9,15H,7-8,10-11H2,1-2H3,(H,22,23). The molecule has 1 aromatic heterocycles. The van der Waals surface area contributed by atoms with Crippen molar-refractivity contribution in [1.29, 1.82) is 0 Å². The van der Waals surface area contributed by atoms with Crippen molar-refractivity contribution in [3.8, 4) is 0 Å². The number of hydrogen-bond acceptors (Lipinski definition) is 6. The van der Waals surface area contributed by atoms with Crippen molar-refractivity contribution in [3.05, 3.63) is 52.8 Å². The van der Waals surface area contributed by atoms with Gasteiger partial charge in [-0.05, 0) is 44.4 Å². The lowest BCUT2D eigenvalue weighted by molar-refractivity contribution is -0.124.